The van der Waals surface area contributed by atoms with Gasteiger partial charge in [0.1, 0.15) is 0 Å². The van der Waals surface area contributed by atoms with Crippen molar-refractivity contribution >= 4 is 0 Å². The van der Waals surface area contributed by atoms with E-state index in [0.29, 0.717) is 5.92 Å². The molecule has 0 aromatic rings. The van der Waals surface area contributed by atoms with Gasteiger partial charge in [-0.2, -0.15) is 0 Å². The van der Waals surface area contributed by atoms with Crippen LogP contribution in [-0.4, -0.2) is 11.7 Å². The fraction of sp³-hybridized carbons (Fsp3) is 0.750. The minimum atomic E-state index is 0.290. The van der Waals surface area contributed by atoms with E-state index in [4.69, 9.17) is 5.11 Å². The first-order chi connectivity index (χ1) is 4.35. The van der Waals surface area contributed by atoms with E-state index in [-0.39, 0.29) is 6.61 Å². The fourth-order valence-electron chi connectivity index (χ4n) is 0.891. The van der Waals surface area contributed by atoms with Crippen LogP contribution in [0.3, 0.4) is 0 Å². The van der Waals surface area contributed by atoms with Crippen molar-refractivity contribution in [2.45, 2.75) is 26.7 Å². The van der Waals surface area contributed by atoms with Gasteiger partial charge in [0.2, 0.25) is 0 Å². The van der Waals surface area contributed by atoms with E-state index in [1.807, 2.05) is 13.0 Å². The molecule has 1 heteroatoms. The van der Waals surface area contributed by atoms with Gasteiger partial charge >= 0.3 is 0 Å². The van der Waals surface area contributed by atoms with Crippen molar-refractivity contribution in [2.75, 3.05) is 6.61 Å². The predicted octanol–water partition coefficient (Wildman–Crippen LogP) is 1.97. The van der Waals surface area contributed by atoms with Crippen molar-refractivity contribution in [3.8, 4) is 0 Å². The van der Waals surface area contributed by atoms with Gasteiger partial charge in [-0.05, 0) is 19.3 Å². The summed E-state index contributed by atoms with van der Waals surface area (Å²) < 4.78 is 0. The largest absolute Gasteiger partial charge is 0.396 e. The highest BCUT2D eigenvalue weighted by Gasteiger charge is 1.98. The average Bonchev–Trinajstić information content (AvgIpc) is 1.88. The first-order valence-electron chi connectivity index (χ1n) is 3.58. The average molecular weight is 128 g/mol. The molecule has 9 heavy (non-hydrogen) atoms. The summed E-state index contributed by atoms with van der Waals surface area (Å²) in [5.74, 6) is 0.389. The van der Waals surface area contributed by atoms with Gasteiger partial charge in [0.25, 0.3) is 0 Å². The molecule has 0 aliphatic rings. The summed E-state index contributed by atoms with van der Waals surface area (Å²) in [6.45, 7) is 4.41. The molecule has 0 rings (SSSR count). The molecule has 0 fully saturated rings. The van der Waals surface area contributed by atoms with Crippen LogP contribution >= 0.6 is 0 Å². The molecular formula is C8H16O. The Morgan fingerprint density at radius 3 is 2.56 bits per heavy atom. The van der Waals surface area contributed by atoms with E-state index >= 15 is 0 Å². The first kappa shape index (κ1) is 8.70. The van der Waals surface area contributed by atoms with E-state index in [0.717, 1.165) is 12.8 Å². The fourth-order valence-corrected chi connectivity index (χ4v) is 0.891. The highest BCUT2D eigenvalue weighted by molar-refractivity contribution is 4.84. The van der Waals surface area contributed by atoms with Crippen molar-refractivity contribution in [3.05, 3.63) is 12.2 Å². The Kier molecular flexibility index (Phi) is 5.64. The molecule has 1 N–H and O–H groups in total. The monoisotopic (exact) mass is 128 g/mol. The Morgan fingerprint density at radius 1 is 1.56 bits per heavy atom. The van der Waals surface area contributed by atoms with E-state index in [1.54, 1.807) is 0 Å². The second kappa shape index (κ2) is 5.83. The van der Waals surface area contributed by atoms with E-state index < -0.39 is 0 Å². The van der Waals surface area contributed by atoms with Crippen LogP contribution in [0.25, 0.3) is 0 Å². The molecule has 0 heterocycles. The van der Waals surface area contributed by atoms with E-state index in [2.05, 4.69) is 13.0 Å². The molecule has 0 amide bonds. The number of hydrogen-bond donors (Lipinski definition) is 1. The van der Waals surface area contributed by atoms with Crippen molar-refractivity contribution in [1.29, 1.82) is 0 Å². The Morgan fingerprint density at radius 2 is 2.22 bits per heavy atom. The van der Waals surface area contributed by atoms with Gasteiger partial charge in [-0.3, -0.25) is 0 Å². The third-order valence-corrected chi connectivity index (χ3v) is 1.36. The van der Waals surface area contributed by atoms with Crippen molar-refractivity contribution in [2.24, 2.45) is 5.92 Å². The van der Waals surface area contributed by atoms with Crippen molar-refractivity contribution in [3.63, 3.8) is 0 Å². The number of rotatable bonds is 4. The Labute approximate surface area is 57.4 Å². The second-order valence-corrected chi connectivity index (χ2v) is 2.26. The van der Waals surface area contributed by atoms with Gasteiger partial charge < -0.3 is 5.11 Å². The molecule has 0 aliphatic carbocycles. The zero-order chi connectivity index (χ0) is 7.11. The summed E-state index contributed by atoms with van der Waals surface area (Å²) in [5.41, 5.74) is 0. The molecular weight excluding hydrogens is 112 g/mol. The molecule has 54 valence electrons. The molecule has 1 nitrogen and oxygen atoms in total. The lowest BCUT2D eigenvalue weighted by Crippen LogP contribution is -2.00. The van der Waals surface area contributed by atoms with E-state index in [1.165, 1.54) is 0 Å². The van der Waals surface area contributed by atoms with Crippen LogP contribution in [0.1, 0.15) is 26.7 Å². The topological polar surface area (TPSA) is 20.2 Å². The third kappa shape index (κ3) is 4.22. The maximum Gasteiger partial charge on any atom is 0.0493 e. The summed E-state index contributed by atoms with van der Waals surface area (Å²) >= 11 is 0. The number of aliphatic hydroxyl groups excluding tert-OH is 1. The smallest absolute Gasteiger partial charge is 0.0493 e. The second-order valence-electron chi connectivity index (χ2n) is 2.26. The molecule has 0 saturated heterocycles. The Balaban J connectivity index is 3.41. The van der Waals surface area contributed by atoms with Crippen LogP contribution < -0.4 is 0 Å². The lowest BCUT2D eigenvalue weighted by atomic mass is 10.1. The summed E-state index contributed by atoms with van der Waals surface area (Å²) in [5, 5.41) is 8.74. The highest BCUT2D eigenvalue weighted by atomic mass is 16.3. The lowest BCUT2D eigenvalue weighted by molar-refractivity contribution is 0.245. The molecule has 0 bridgehead atoms. The van der Waals surface area contributed by atoms with Gasteiger partial charge in [-0.25, -0.2) is 0 Å². The highest BCUT2D eigenvalue weighted by Crippen LogP contribution is 2.05. The van der Waals surface area contributed by atoms with Crippen LogP contribution in [0, 0.1) is 5.92 Å². The maximum atomic E-state index is 8.74. The molecule has 0 aromatic carbocycles. The molecule has 0 radical (unpaired) electrons. The number of hydrogen-bond acceptors (Lipinski definition) is 1. The van der Waals surface area contributed by atoms with Crippen LogP contribution in [-0.2, 0) is 0 Å². The summed E-state index contributed by atoms with van der Waals surface area (Å²) in [4.78, 5) is 0. The minimum Gasteiger partial charge on any atom is -0.396 e. The molecule has 1 atom stereocenters. The Bertz CT molecular complexity index is 76.6. The number of aliphatic hydroxyl groups is 1. The lowest BCUT2D eigenvalue weighted by Gasteiger charge is -2.04. The minimum absolute atomic E-state index is 0.290. The molecule has 1 unspecified atom stereocenters. The van der Waals surface area contributed by atoms with Crippen molar-refractivity contribution in [1.82, 2.24) is 0 Å². The van der Waals surface area contributed by atoms with Crippen LogP contribution in [0.15, 0.2) is 12.2 Å². The Hall–Kier alpha value is -0.300. The molecule has 0 aromatic heterocycles. The molecule has 0 aliphatic heterocycles. The van der Waals surface area contributed by atoms with Crippen LogP contribution in [0.2, 0.25) is 0 Å². The zero-order valence-corrected chi connectivity index (χ0v) is 6.30. The van der Waals surface area contributed by atoms with Gasteiger partial charge in [0, 0.05) is 6.61 Å². The molecule has 0 spiro atoms. The van der Waals surface area contributed by atoms with Crippen molar-refractivity contribution < 1.29 is 5.11 Å². The van der Waals surface area contributed by atoms with Crippen LogP contribution in [0.5, 0.6) is 0 Å². The van der Waals surface area contributed by atoms with Crippen LogP contribution in [0.4, 0.5) is 0 Å². The van der Waals surface area contributed by atoms with E-state index in [9.17, 15) is 0 Å². The quantitative estimate of drug-likeness (QED) is 0.574. The van der Waals surface area contributed by atoms with Gasteiger partial charge in [0.05, 0.1) is 0 Å². The first-order valence-corrected chi connectivity index (χ1v) is 3.58. The standard InChI is InChI=1S/C8H16O/c1-3-5-8(7-9)6-4-2/h3,5,8-9H,4,6-7H2,1-2H3/b5-3-. The van der Waals surface area contributed by atoms with Gasteiger partial charge in [-0.15, -0.1) is 0 Å². The van der Waals surface area contributed by atoms with Gasteiger partial charge in [-0.1, -0.05) is 25.5 Å². The normalized spacial score (nSPS) is 14.6. The maximum absolute atomic E-state index is 8.74. The molecule has 0 saturated carbocycles. The zero-order valence-electron chi connectivity index (χ0n) is 6.30. The summed E-state index contributed by atoms with van der Waals surface area (Å²) in [6, 6.07) is 0. The summed E-state index contributed by atoms with van der Waals surface area (Å²) in [6.07, 6.45) is 6.30. The predicted molar refractivity (Wildman–Crippen MR) is 40.3 cm³/mol. The van der Waals surface area contributed by atoms with Gasteiger partial charge in [0.15, 0.2) is 0 Å². The summed E-state index contributed by atoms with van der Waals surface area (Å²) in [7, 11) is 0. The third-order valence-electron chi connectivity index (χ3n) is 1.36. The SMILES string of the molecule is C/C=C\C(CO)CCC. The number of allylic oxidation sites excluding steroid dienone is 1.